The van der Waals surface area contributed by atoms with Gasteiger partial charge in [-0.2, -0.15) is 15.6 Å². The smallest absolute Gasteiger partial charge is 0.237 e. The van der Waals surface area contributed by atoms with E-state index in [2.05, 4.69) is 26.5 Å². The van der Waals surface area contributed by atoms with E-state index in [0.717, 1.165) is 4.47 Å². The third kappa shape index (κ3) is 3.25. The molecule has 1 aromatic carbocycles. The minimum Gasteiger partial charge on any atom is -0.275 e. The lowest BCUT2D eigenvalue weighted by Crippen LogP contribution is -1.96. The average Bonchev–Trinajstić information content (AvgIpc) is 2.22. The Bertz CT molecular complexity index is 468. The van der Waals surface area contributed by atoms with Gasteiger partial charge in [-0.3, -0.25) is 5.43 Å². The molecule has 0 unspecified atom stereocenters. The van der Waals surface area contributed by atoms with Gasteiger partial charge in [0.15, 0.2) is 0 Å². The van der Waals surface area contributed by atoms with Crippen LogP contribution in [0.15, 0.2) is 27.8 Å². The van der Waals surface area contributed by atoms with Crippen LogP contribution in [0.2, 0.25) is 5.02 Å². The SMILES string of the molecule is N#CC(C#N)=NNc1ccc(Br)cc1Cl. The van der Waals surface area contributed by atoms with Crippen LogP contribution in [0.3, 0.4) is 0 Å². The highest BCUT2D eigenvalue weighted by Crippen LogP contribution is 2.25. The molecule has 0 aromatic heterocycles. The van der Waals surface area contributed by atoms with Crippen molar-refractivity contribution in [2.75, 3.05) is 5.43 Å². The molecule has 0 atom stereocenters. The van der Waals surface area contributed by atoms with Gasteiger partial charge >= 0.3 is 0 Å². The molecule has 0 amide bonds. The van der Waals surface area contributed by atoms with Crippen LogP contribution in [0.4, 0.5) is 5.69 Å². The molecule has 1 N–H and O–H groups in total. The second-order valence-corrected chi connectivity index (χ2v) is 3.74. The zero-order chi connectivity index (χ0) is 11.3. The van der Waals surface area contributed by atoms with E-state index >= 15 is 0 Å². The number of nitrogens with one attached hydrogen (secondary N) is 1. The minimum absolute atomic E-state index is 0.256. The Morgan fingerprint density at radius 2 is 2.07 bits per heavy atom. The van der Waals surface area contributed by atoms with Crippen molar-refractivity contribution in [2.24, 2.45) is 5.10 Å². The Balaban J connectivity index is 2.89. The van der Waals surface area contributed by atoms with Crippen molar-refractivity contribution in [1.82, 2.24) is 0 Å². The number of hydrogen-bond donors (Lipinski definition) is 1. The Morgan fingerprint density at radius 3 is 2.60 bits per heavy atom. The lowest BCUT2D eigenvalue weighted by molar-refractivity contribution is 1.33. The van der Waals surface area contributed by atoms with Gasteiger partial charge in [-0.05, 0) is 18.2 Å². The molecule has 0 spiro atoms. The van der Waals surface area contributed by atoms with Crippen molar-refractivity contribution in [3.63, 3.8) is 0 Å². The predicted molar refractivity (Wildman–Crippen MR) is 61.4 cm³/mol. The topological polar surface area (TPSA) is 72.0 Å². The maximum absolute atomic E-state index is 8.43. The van der Waals surface area contributed by atoms with Gasteiger partial charge in [-0.1, -0.05) is 27.5 Å². The first kappa shape index (κ1) is 11.5. The van der Waals surface area contributed by atoms with E-state index in [1.807, 2.05) is 0 Å². The normalized spacial score (nSPS) is 8.53. The molecule has 0 aliphatic carbocycles. The molecule has 1 aromatic rings. The summed E-state index contributed by atoms with van der Waals surface area (Å²) in [5, 5.41) is 20.9. The van der Waals surface area contributed by atoms with Crippen LogP contribution >= 0.6 is 27.5 Å². The van der Waals surface area contributed by atoms with E-state index < -0.39 is 0 Å². The molecular weight excluding hydrogens is 279 g/mol. The fraction of sp³-hybridized carbons (Fsp3) is 0. The Morgan fingerprint density at radius 1 is 1.40 bits per heavy atom. The van der Waals surface area contributed by atoms with Crippen molar-refractivity contribution >= 4 is 38.9 Å². The number of rotatable bonds is 2. The molecular formula is C9H4BrClN4. The average molecular weight is 284 g/mol. The molecule has 0 aliphatic rings. The summed E-state index contributed by atoms with van der Waals surface area (Å²) >= 11 is 9.12. The lowest BCUT2D eigenvalue weighted by atomic mass is 10.3. The summed E-state index contributed by atoms with van der Waals surface area (Å²) in [7, 11) is 0. The molecule has 0 radical (unpaired) electrons. The van der Waals surface area contributed by atoms with Crippen LogP contribution < -0.4 is 5.43 Å². The van der Waals surface area contributed by atoms with Gasteiger partial charge < -0.3 is 0 Å². The molecule has 74 valence electrons. The summed E-state index contributed by atoms with van der Waals surface area (Å²) in [6, 6.07) is 8.38. The molecule has 0 saturated carbocycles. The summed E-state index contributed by atoms with van der Waals surface area (Å²) in [5.41, 5.74) is 2.81. The number of nitrogens with zero attached hydrogens (tertiary/aromatic N) is 3. The number of nitriles is 2. The Hall–Kier alpha value is -1.56. The highest BCUT2D eigenvalue weighted by Gasteiger charge is 2.00. The van der Waals surface area contributed by atoms with Gasteiger partial charge in [0.25, 0.3) is 0 Å². The van der Waals surface area contributed by atoms with Gasteiger partial charge in [-0.15, -0.1) is 0 Å². The largest absolute Gasteiger partial charge is 0.275 e. The van der Waals surface area contributed by atoms with Crippen LogP contribution in [-0.4, -0.2) is 5.71 Å². The third-order valence-corrected chi connectivity index (χ3v) is 2.24. The van der Waals surface area contributed by atoms with E-state index in [1.54, 1.807) is 30.3 Å². The molecule has 0 bridgehead atoms. The van der Waals surface area contributed by atoms with Crippen LogP contribution in [0.1, 0.15) is 0 Å². The van der Waals surface area contributed by atoms with Crippen molar-refractivity contribution < 1.29 is 0 Å². The molecule has 0 aliphatic heterocycles. The highest BCUT2D eigenvalue weighted by atomic mass is 79.9. The van der Waals surface area contributed by atoms with E-state index in [0.29, 0.717) is 10.7 Å². The van der Waals surface area contributed by atoms with Crippen molar-refractivity contribution in [1.29, 1.82) is 10.5 Å². The Labute approximate surface area is 99.9 Å². The molecule has 4 nitrogen and oxygen atoms in total. The quantitative estimate of drug-likeness (QED) is 0.670. The molecule has 15 heavy (non-hydrogen) atoms. The van der Waals surface area contributed by atoms with Crippen molar-refractivity contribution in [3.8, 4) is 12.1 Å². The zero-order valence-corrected chi connectivity index (χ0v) is 9.67. The van der Waals surface area contributed by atoms with Crippen LogP contribution in [0.5, 0.6) is 0 Å². The first-order valence-corrected chi connectivity index (χ1v) is 4.93. The van der Waals surface area contributed by atoms with Gasteiger partial charge in [0.05, 0.1) is 10.7 Å². The van der Waals surface area contributed by atoms with Crippen molar-refractivity contribution in [2.45, 2.75) is 0 Å². The van der Waals surface area contributed by atoms with Gasteiger partial charge in [-0.25, -0.2) is 0 Å². The van der Waals surface area contributed by atoms with E-state index in [9.17, 15) is 0 Å². The molecule has 0 fully saturated rings. The summed E-state index contributed by atoms with van der Waals surface area (Å²) in [6.07, 6.45) is 0. The molecule has 6 heteroatoms. The fourth-order valence-electron chi connectivity index (χ4n) is 0.771. The number of halogens is 2. The minimum atomic E-state index is -0.256. The number of benzene rings is 1. The van der Waals surface area contributed by atoms with E-state index in [1.165, 1.54) is 0 Å². The van der Waals surface area contributed by atoms with Crippen LogP contribution in [0.25, 0.3) is 0 Å². The maximum atomic E-state index is 8.43. The summed E-state index contributed by atoms with van der Waals surface area (Å²) in [5.74, 6) is 0. The number of hydrazone groups is 1. The number of anilines is 1. The van der Waals surface area contributed by atoms with E-state index in [-0.39, 0.29) is 5.71 Å². The van der Waals surface area contributed by atoms with Crippen LogP contribution in [-0.2, 0) is 0 Å². The standard InChI is InChI=1S/C9H4BrClN4/c10-6-1-2-9(8(11)3-6)15-14-7(4-12)5-13/h1-3,15H. The van der Waals surface area contributed by atoms with Crippen LogP contribution in [0, 0.1) is 22.7 Å². The lowest BCUT2D eigenvalue weighted by Gasteiger charge is -2.02. The maximum Gasteiger partial charge on any atom is 0.237 e. The second-order valence-electron chi connectivity index (χ2n) is 2.42. The third-order valence-electron chi connectivity index (χ3n) is 1.43. The second kappa shape index (κ2) is 5.35. The van der Waals surface area contributed by atoms with Gasteiger partial charge in [0.1, 0.15) is 12.1 Å². The fourth-order valence-corrected chi connectivity index (χ4v) is 1.49. The summed E-state index contributed by atoms with van der Waals surface area (Å²) in [4.78, 5) is 0. The molecule has 0 saturated heterocycles. The summed E-state index contributed by atoms with van der Waals surface area (Å²) in [6.45, 7) is 0. The molecule has 1 rings (SSSR count). The van der Waals surface area contributed by atoms with E-state index in [4.69, 9.17) is 22.1 Å². The van der Waals surface area contributed by atoms with Gasteiger partial charge in [0.2, 0.25) is 5.71 Å². The summed E-state index contributed by atoms with van der Waals surface area (Å²) < 4.78 is 0.836. The Kier molecular flexibility index (Phi) is 4.11. The first-order chi connectivity index (χ1) is 7.17. The zero-order valence-electron chi connectivity index (χ0n) is 7.33. The predicted octanol–water partition coefficient (Wildman–Crippen LogP) is 2.92. The van der Waals surface area contributed by atoms with Gasteiger partial charge in [0, 0.05) is 4.47 Å². The first-order valence-electron chi connectivity index (χ1n) is 3.76. The monoisotopic (exact) mass is 282 g/mol. The highest BCUT2D eigenvalue weighted by molar-refractivity contribution is 9.10. The molecule has 0 heterocycles. The van der Waals surface area contributed by atoms with Crippen molar-refractivity contribution in [3.05, 3.63) is 27.7 Å². The number of hydrogen-bond acceptors (Lipinski definition) is 4.